The van der Waals surface area contributed by atoms with Crippen LogP contribution < -0.4 is 10.5 Å². The third-order valence-corrected chi connectivity index (χ3v) is 3.23. The molecule has 0 radical (unpaired) electrons. The molecular formula is C17H22N2O3. The molecule has 5 nitrogen and oxygen atoms in total. The van der Waals surface area contributed by atoms with Crippen molar-refractivity contribution in [2.75, 3.05) is 6.61 Å². The van der Waals surface area contributed by atoms with E-state index in [4.69, 9.17) is 9.15 Å². The summed E-state index contributed by atoms with van der Waals surface area (Å²) in [6.07, 6.45) is 0.896. The molecule has 0 aliphatic carbocycles. The van der Waals surface area contributed by atoms with E-state index in [1.54, 1.807) is 0 Å². The van der Waals surface area contributed by atoms with E-state index in [-0.39, 0.29) is 0 Å². The van der Waals surface area contributed by atoms with Crippen molar-refractivity contribution < 1.29 is 9.15 Å². The molecule has 0 atom stereocenters. The average molecular weight is 302 g/mol. The van der Waals surface area contributed by atoms with E-state index in [0.29, 0.717) is 12.5 Å². The van der Waals surface area contributed by atoms with Crippen LogP contribution in [0.1, 0.15) is 34.1 Å². The fourth-order valence-electron chi connectivity index (χ4n) is 1.80. The Bertz CT molecular complexity index is 703. The van der Waals surface area contributed by atoms with Crippen LogP contribution in [0.15, 0.2) is 45.6 Å². The first-order valence-electron chi connectivity index (χ1n) is 7.32. The number of hydrogen-bond donors (Lipinski definition) is 0. The predicted octanol–water partition coefficient (Wildman–Crippen LogP) is 3.60. The Morgan fingerprint density at radius 1 is 1.32 bits per heavy atom. The number of ether oxygens (including phenoxy) is 1. The lowest BCUT2D eigenvalue weighted by atomic mass is 10.1. The Balaban J connectivity index is 2.17. The van der Waals surface area contributed by atoms with Crippen molar-refractivity contribution in [1.29, 1.82) is 0 Å². The highest BCUT2D eigenvalue weighted by molar-refractivity contribution is 5.53. The van der Waals surface area contributed by atoms with E-state index >= 15 is 0 Å². The molecule has 0 saturated heterocycles. The summed E-state index contributed by atoms with van der Waals surface area (Å²) in [5.41, 5.74) is 1.36. The van der Waals surface area contributed by atoms with Gasteiger partial charge in [0.15, 0.2) is 0 Å². The standard InChI is InChI=1S/C17H22N2O3/c1-6-12(2)11-21-14-9-7-13(8-10-14)15-18-19(16(20)22-15)17(3,4)5/h7-10H,2,6,11H2,1,3-5H3. The molecule has 1 aromatic heterocycles. The lowest BCUT2D eigenvalue weighted by molar-refractivity contribution is 0.325. The van der Waals surface area contributed by atoms with Gasteiger partial charge in [-0.3, -0.25) is 0 Å². The quantitative estimate of drug-likeness (QED) is 0.792. The Morgan fingerprint density at radius 3 is 2.45 bits per heavy atom. The van der Waals surface area contributed by atoms with Gasteiger partial charge in [-0.25, -0.2) is 4.79 Å². The van der Waals surface area contributed by atoms with Crippen molar-refractivity contribution in [3.63, 3.8) is 0 Å². The van der Waals surface area contributed by atoms with E-state index in [1.807, 2.05) is 52.0 Å². The molecule has 0 aliphatic rings. The third kappa shape index (κ3) is 3.67. The van der Waals surface area contributed by atoms with Crippen molar-refractivity contribution in [2.45, 2.75) is 39.7 Å². The summed E-state index contributed by atoms with van der Waals surface area (Å²) in [5.74, 6) is 0.600. The minimum Gasteiger partial charge on any atom is -0.489 e. The molecule has 0 spiro atoms. The second-order valence-corrected chi connectivity index (χ2v) is 6.17. The first-order chi connectivity index (χ1) is 10.3. The minimum absolute atomic E-state index is 0.310. The van der Waals surface area contributed by atoms with Crippen LogP contribution in [0.3, 0.4) is 0 Å². The van der Waals surface area contributed by atoms with Gasteiger partial charge in [-0.15, -0.1) is 5.10 Å². The molecule has 0 bridgehead atoms. The van der Waals surface area contributed by atoms with E-state index in [9.17, 15) is 4.79 Å². The maximum atomic E-state index is 11.8. The summed E-state index contributed by atoms with van der Waals surface area (Å²) in [6.45, 7) is 12.2. The highest BCUT2D eigenvalue weighted by Gasteiger charge is 2.20. The topological polar surface area (TPSA) is 57.3 Å². The summed E-state index contributed by atoms with van der Waals surface area (Å²) in [6, 6.07) is 7.30. The van der Waals surface area contributed by atoms with Crippen LogP contribution in [-0.4, -0.2) is 16.4 Å². The summed E-state index contributed by atoms with van der Waals surface area (Å²) in [4.78, 5) is 11.8. The smallest absolute Gasteiger partial charge is 0.437 e. The van der Waals surface area contributed by atoms with Crippen molar-refractivity contribution in [3.8, 4) is 17.2 Å². The zero-order chi connectivity index (χ0) is 16.3. The van der Waals surface area contributed by atoms with E-state index in [0.717, 1.165) is 23.3 Å². The summed E-state index contributed by atoms with van der Waals surface area (Å²) in [7, 11) is 0. The van der Waals surface area contributed by atoms with Crippen LogP contribution in [0.4, 0.5) is 0 Å². The predicted molar refractivity (Wildman–Crippen MR) is 86.1 cm³/mol. The summed E-state index contributed by atoms with van der Waals surface area (Å²) >= 11 is 0. The van der Waals surface area contributed by atoms with E-state index in [2.05, 4.69) is 11.7 Å². The Hall–Kier alpha value is -2.30. The highest BCUT2D eigenvalue weighted by atomic mass is 16.5. The van der Waals surface area contributed by atoms with Gasteiger partial charge in [0.05, 0.1) is 5.54 Å². The maximum absolute atomic E-state index is 11.8. The van der Waals surface area contributed by atoms with Gasteiger partial charge in [-0.1, -0.05) is 13.5 Å². The molecule has 0 saturated carbocycles. The van der Waals surface area contributed by atoms with Gasteiger partial charge in [0.2, 0.25) is 5.89 Å². The second-order valence-electron chi connectivity index (χ2n) is 6.17. The van der Waals surface area contributed by atoms with Crippen molar-refractivity contribution in [3.05, 3.63) is 47.0 Å². The van der Waals surface area contributed by atoms with Crippen molar-refractivity contribution in [1.82, 2.24) is 9.78 Å². The van der Waals surface area contributed by atoms with Crippen molar-refractivity contribution >= 4 is 0 Å². The zero-order valence-electron chi connectivity index (χ0n) is 13.5. The maximum Gasteiger partial charge on any atom is 0.437 e. The first kappa shape index (κ1) is 16.1. The number of aromatic nitrogens is 2. The molecule has 0 amide bonds. The van der Waals surface area contributed by atoms with Crippen LogP contribution >= 0.6 is 0 Å². The van der Waals surface area contributed by atoms with Gasteiger partial charge in [0.1, 0.15) is 12.4 Å². The van der Waals surface area contributed by atoms with Gasteiger partial charge >= 0.3 is 5.76 Å². The number of hydrogen-bond acceptors (Lipinski definition) is 4. The fourth-order valence-corrected chi connectivity index (χ4v) is 1.80. The Kier molecular flexibility index (Phi) is 4.54. The SMILES string of the molecule is C=C(CC)COc1ccc(-c2nn(C(C)(C)C)c(=O)o2)cc1. The van der Waals surface area contributed by atoms with E-state index < -0.39 is 11.3 Å². The van der Waals surface area contributed by atoms with E-state index in [1.165, 1.54) is 4.68 Å². The molecule has 0 unspecified atom stereocenters. The number of rotatable bonds is 5. The zero-order valence-corrected chi connectivity index (χ0v) is 13.5. The normalized spacial score (nSPS) is 11.5. The molecule has 0 aliphatic heterocycles. The summed E-state index contributed by atoms with van der Waals surface area (Å²) in [5, 5.41) is 4.25. The monoisotopic (exact) mass is 302 g/mol. The Labute approximate surface area is 130 Å². The minimum atomic E-state index is -0.456. The van der Waals surface area contributed by atoms with Gasteiger partial charge in [0, 0.05) is 5.56 Å². The highest BCUT2D eigenvalue weighted by Crippen LogP contribution is 2.21. The molecule has 1 heterocycles. The average Bonchev–Trinajstić information content (AvgIpc) is 2.87. The van der Waals surface area contributed by atoms with Gasteiger partial charge in [0.25, 0.3) is 0 Å². The molecule has 2 rings (SSSR count). The molecule has 22 heavy (non-hydrogen) atoms. The lowest BCUT2D eigenvalue weighted by Crippen LogP contribution is -2.32. The van der Waals surface area contributed by atoms with Crippen LogP contribution in [0.5, 0.6) is 5.75 Å². The van der Waals surface area contributed by atoms with Crippen LogP contribution in [0, 0.1) is 0 Å². The molecule has 0 fully saturated rings. The second kappa shape index (κ2) is 6.22. The number of nitrogens with zero attached hydrogens (tertiary/aromatic N) is 2. The van der Waals surface area contributed by atoms with Crippen LogP contribution in [-0.2, 0) is 5.54 Å². The lowest BCUT2D eigenvalue weighted by Gasteiger charge is -2.15. The molecule has 118 valence electrons. The first-order valence-corrected chi connectivity index (χ1v) is 7.32. The molecule has 1 aromatic carbocycles. The van der Waals surface area contributed by atoms with Crippen molar-refractivity contribution in [2.24, 2.45) is 0 Å². The van der Waals surface area contributed by atoms with Crippen LogP contribution in [0.2, 0.25) is 0 Å². The third-order valence-electron chi connectivity index (χ3n) is 3.23. The molecular weight excluding hydrogens is 280 g/mol. The largest absolute Gasteiger partial charge is 0.489 e. The Morgan fingerprint density at radius 2 is 1.95 bits per heavy atom. The molecule has 2 aromatic rings. The molecule has 5 heteroatoms. The van der Waals surface area contributed by atoms with Gasteiger partial charge < -0.3 is 9.15 Å². The summed E-state index contributed by atoms with van der Waals surface area (Å²) < 4.78 is 12.2. The fraction of sp³-hybridized carbons (Fsp3) is 0.412. The number of benzene rings is 1. The van der Waals surface area contributed by atoms with Gasteiger partial charge in [-0.2, -0.15) is 4.68 Å². The van der Waals surface area contributed by atoms with Crippen LogP contribution in [0.25, 0.3) is 11.5 Å². The molecule has 0 N–H and O–H groups in total. The van der Waals surface area contributed by atoms with Gasteiger partial charge in [-0.05, 0) is 57.0 Å².